The Hall–Kier alpha value is -1.93. The summed E-state index contributed by atoms with van der Waals surface area (Å²) >= 11 is 6.69. The lowest BCUT2D eigenvalue weighted by atomic mass is 9.88. The van der Waals surface area contributed by atoms with E-state index in [9.17, 15) is 20.4 Å². The Morgan fingerprint density at radius 3 is 2.50 bits per heavy atom. The van der Waals surface area contributed by atoms with E-state index in [1.165, 1.54) is 0 Å². The Labute approximate surface area is 180 Å². The predicted molar refractivity (Wildman–Crippen MR) is 113 cm³/mol. The zero-order valence-corrected chi connectivity index (χ0v) is 17.1. The van der Waals surface area contributed by atoms with Crippen LogP contribution in [0, 0.1) is 0 Å². The average molecular weight is 433 g/mol. The first-order valence-electron chi connectivity index (χ1n) is 9.93. The highest BCUT2D eigenvalue weighted by atomic mass is 35.5. The van der Waals surface area contributed by atoms with Crippen LogP contribution in [0.25, 0.3) is 6.08 Å². The molecule has 5 unspecified atom stereocenters. The lowest BCUT2D eigenvalue weighted by molar-refractivity contribution is -0.232. The molecule has 0 aliphatic carbocycles. The molecular formula is C23H25ClO6. The van der Waals surface area contributed by atoms with Gasteiger partial charge in [-0.25, -0.2) is 0 Å². The quantitative estimate of drug-likeness (QED) is 0.577. The largest absolute Gasteiger partial charge is 0.493 e. The summed E-state index contributed by atoms with van der Waals surface area (Å²) in [6.07, 6.45) is -3.23. The number of rotatable bonds is 5. The fourth-order valence-electron chi connectivity index (χ4n) is 4.12. The van der Waals surface area contributed by atoms with Crippen LogP contribution in [-0.4, -0.2) is 58.1 Å². The Balaban J connectivity index is 1.73. The molecule has 1 saturated heterocycles. The first-order valence-corrected chi connectivity index (χ1v) is 10.3. The summed E-state index contributed by atoms with van der Waals surface area (Å²) < 4.78 is 11.6. The van der Waals surface area contributed by atoms with Gasteiger partial charge in [0.1, 0.15) is 36.3 Å². The van der Waals surface area contributed by atoms with E-state index >= 15 is 0 Å². The van der Waals surface area contributed by atoms with Gasteiger partial charge < -0.3 is 29.9 Å². The van der Waals surface area contributed by atoms with Crippen molar-refractivity contribution in [3.8, 4) is 5.75 Å². The van der Waals surface area contributed by atoms with E-state index in [0.29, 0.717) is 35.8 Å². The summed E-state index contributed by atoms with van der Waals surface area (Å²) in [6.45, 7) is 3.73. The van der Waals surface area contributed by atoms with Crippen LogP contribution < -0.4 is 4.74 Å². The third-order valence-corrected chi connectivity index (χ3v) is 6.29. The van der Waals surface area contributed by atoms with Crippen LogP contribution in [-0.2, 0) is 17.6 Å². The van der Waals surface area contributed by atoms with Gasteiger partial charge in [-0.05, 0) is 29.2 Å². The van der Waals surface area contributed by atoms with E-state index in [4.69, 9.17) is 21.1 Å². The Morgan fingerprint density at radius 1 is 1.10 bits per heavy atom. The minimum Gasteiger partial charge on any atom is -0.493 e. The molecule has 4 rings (SSSR count). The van der Waals surface area contributed by atoms with Gasteiger partial charge in [-0.2, -0.15) is 0 Å². The number of benzene rings is 2. The topological polar surface area (TPSA) is 99.4 Å². The number of halogens is 1. The van der Waals surface area contributed by atoms with E-state index in [1.54, 1.807) is 6.08 Å². The monoisotopic (exact) mass is 432 g/mol. The third kappa shape index (κ3) is 3.75. The van der Waals surface area contributed by atoms with E-state index in [0.717, 1.165) is 22.3 Å². The molecule has 0 radical (unpaired) electrons. The van der Waals surface area contributed by atoms with E-state index in [2.05, 4.69) is 6.58 Å². The minimum atomic E-state index is -1.46. The number of fused-ring (bicyclic) bond motifs is 1. The molecule has 2 aromatic rings. The number of aliphatic hydroxyl groups excluding tert-OH is 4. The molecule has 2 aromatic carbocycles. The molecule has 0 saturated carbocycles. The third-order valence-electron chi connectivity index (χ3n) is 5.82. The number of hydrogen-bond donors (Lipinski definition) is 4. The van der Waals surface area contributed by atoms with Crippen LogP contribution in [0.5, 0.6) is 5.75 Å². The molecule has 5 atom stereocenters. The van der Waals surface area contributed by atoms with Crippen molar-refractivity contribution in [1.82, 2.24) is 0 Å². The number of hydrogen-bond acceptors (Lipinski definition) is 6. The summed E-state index contributed by atoms with van der Waals surface area (Å²) in [5.41, 5.74) is 4.32. The molecule has 4 N–H and O–H groups in total. The van der Waals surface area contributed by atoms with Crippen molar-refractivity contribution < 1.29 is 29.9 Å². The smallest absolute Gasteiger partial charge is 0.130 e. The van der Waals surface area contributed by atoms with Crippen LogP contribution >= 0.6 is 11.6 Å². The molecule has 0 spiro atoms. The van der Waals surface area contributed by atoms with Gasteiger partial charge in [-0.3, -0.25) is 0 Å². The molecule has 1 fully saturated rings. The van der Waals surface area contributed by atoms with Crippen molar-refractivity contribution in [2.45, 2.75) is 43.4 Å². The molecule has 2 aliphatic rings. The molecule has 7 heteroatoms. The van der Waals surface area contributed by atoms with Gasteiger partial charge in [0, 0.05) is 17.5 Å². The fourth-order valence-corrected chi connectivity index (χ4v) is 4.42. The standard InChI is InChI=1S/C23H25ClO6/c1-2-12-3-5-13(6-4-12)9-14-10-16(22-15(18(14)24)7-8-29-22)23-21(28)20(27)19(26)17(11-25)30-23/h2-6,10,17,19-21,23,25-28H,1,7-9,11H2. The summed E-state index contributed by atoms with van der Waals surface area (Å²) in [5, 5.41) is 41.1. The lowest BCUT2D eigenvalue weighted by Gasteiger charge is -2.40. The van der Waals surface area contributed by atoms with Crippen LogP contribution in [0.15, 0.2) is 36.9 Å². The highest BCUT2D eigenvalue weighted by Crippen LogP contribution is 2.45. The molecule has 2 aliphatic heterocycles. The van der Waals surface area contributed by atoms with Gasteiger partial charge in [0.2, 0.25) is 0 Å². The second-order valence-electron chi connectivity index (χ2n) is 7.72. The minimum absolute atomic E-state index is 0.455. The van der Waals surface area contributed by atoms with Gasteiger partial charge in [0.05, 0.1) is 18.2 Å². The maximum absolute atomic E-state index is 10.6. The fraction of sp³-hybridized carbons (Fsp3) is 0.391. The van der Waals surface area contributed by atoms with Crippen molar-refractivity contribution in [1.29, 1.82) is 0 Å². The van der Waals surface area contributed by atoms with E-state index in [1.807, 2.05) is 30.3 Å². The van der Waals surface area contributed by atoms with Gasteiger partial charge in [-0.1, -0.05) is 48.5 Å². The van der Waals surface area contributed by atoms with Crippen LogP contribution in [0.1, 0.15) is 33.9 Å². The van der Waals surface area contributed by atoms with Crippen molar-refractivity contribution >= 4 is 17.7 Å². The van der Waals surface area contributed by atoms with Crippen molar-refractivity contribution in [2.75, 3.05) is 13.2 Å². The summed E-state index contributed by atoms with van der Waals surface area (Å²) in [4.78, 5) is 0. The summed E-state index contributed by atoms with van der Waals surface area (Å²) in [5.74, 6) is 0.537. The second-order valence-corrected chi connectivity index (χ2v) is 8.09. The highest BCUT2D eigenvalue weighted by molar-refractivity contribution is 6.32. The van der Waals surface area contributed by atoms with Crippen molar-refractivity contribution in [3.05, 3.63) is 69.8 Å². The molecule has 0 aromatic heterocycles. The zero-order chi connectivity index (χ0) is 21.4. The summed E-state index contributed by atoms with van der Waals surface area (Å²) in [7, 11) is 0. The highest BCUT2D eigenvalue weighted by Gasteiger charge is 2.45. The Bertz CT molecular complexity index is 926. The molecule has 30 heavy (non-hydrogen) atoms. The zero-order valence-electron chi connectivity index (χ0n) is 16.4. The molecular weight excluding hydrogens is 408 g/mol. The van der Waals surface area contributed by atoms with Crippen molar-refractivity contribution in [3.63, 3.8) is 0 Å². The van der Waals surface area contributed by atoms with Crippen LogP contribution in [0.3, 0.4) is 0 Å². The molecule has 6 nitrogen and oxygen atoms in total. The van der Waals surface area contributed by atoms with Gasteiger partial charge in [0.15, 0.2) is 0 Å². The Morgan fingerprint density at radius 2 is 1.83 bits per heavy atom. The lowest BCUT2D eigenvalue weighted by Crippen LogP contribution is -2.55. The Kier molecular flexibility index (Phi) is 6.16. The molecule has 2 heterocycles. The van der Waals surface area contributed by atoms with E-state index < -0.39 is 37.1 Å². The molecule has 160 valence electrons. The van der Waals surface area contributed by atoms with Gasteiger partial charge in [-0.15, -0.1) is 0 Å². The number of aliphatic hydroxyl groups is 4. The predicted octanol–water partition coefficient (Wildman–Crippen LogP) is 2.02. The van der Waals surface area contributed by atoms with Crippen LogP contribution in [0.2, 0.25) is 5.02 Å². The molecule has 0 amide bonds. The first kappa shape index (κ1) is 21.3. The normalized spacial score (nSPS) is 28.1. The first-order chi connectivity index (χ1) is 14.4. The molecule has 0 bridgehead atoms. The van der Waals surface area contributed by atoms with Gasteiger partial charge >= 0.3 is 0 Å². The van der Waals surface area contributed by atoms with Crippen molar-refractivity contribution in [2.24, 2.45) is 0 Å². The maximum Gasteiger partial charge on any atom is 0.130 e. The SMILES string of the molecule is C=Cc1ccc(Cc2cc(C3OC(CO)C(O)C(O)C3O)c3c(c2Cl)CCO3)cc1. The van der Waals surface area contributed by atoms with E-state index in [-0.39, 0.29) is 0 Å². The second kappa shape index (κ2) is 8.67. The van der Waals surface area contributed by atoms with Crippen LogP contribution in [0.4, 0.5) is 0 Å². The average Bonchev–Trinajstić information content (AvgIpc) is 3.26. The maximum atomic E-state index is 10.6. The summed E-state index contributed by atoms with van der Waals surface area (Å²) in [6, 6.07) is 9.78. The number of ether oxygens (including phenoxy) is 2. The van der Waals surface area contributed by atoms with Gasteiger partial charge in [0.25, 0.3) is 0 Å².